The van der Waals surface area contributed by atoms with Crippen LogP contribution < -0.4 is 4.74 Å². The van der Waals surface area contributed by atoms with Gasteiger partial charge >= 0.3 is 6.16 Å². The van der Waals surface area contributed by atoms with Crippen LogP contribution in [-0.2, 0) is 32.3 Å². The molecule has 0 spiro atoms. The zero-order valence-corrected chi connectivity index (χ0v) is 26.2. The fourth-order valence-electron chi connectivity index (χ4n) is 4.73. The van der Waals surface area contributed by atoms with Gasteiger partial charge in [-0.25, -0.2) is 4.79 Å². The number of rotatable bonds is 12. The summed E-state index contributed by atoms with van der Waals surface area (Å²) < 4.78 is 23.2. The molecule has 43 heavy (non-hydrogen) atoms. The van der Waals surface area contributed by atoms with E-state index < -0.39 is 24.0 Å². The highest BCUT2D eigenvalue weighted by Crippen LogP contribution is 2.33. The Balaban J connectivity index is 1.36. The summed E-state index contributed by atoms with van der Waals surface area (Å²) in [5, 5.41) is 13.5. The second kappa shape index (κ2) is 15.7. The zero-order chi connectivity index (χ0) is 30.8. The number of aliphatic hydroxyl groups is 1. The molecule has 1 saturated heterocycles. The molecule has 232 valence electrons. The number of carbonyl (C=O) groups excluding carboxylic acids is 1. The minimum absolute atomic E-state index is 0.0950. The Labute approximate surface area is 263 Å². The highest BCUT2D eigenvalue weighted by molar-refractivity contribution is 6.42. The van der Waals surface area contributed by atoms with Crippen LogP contribution in [0, 0.1) is 0 Å². The second-order valence-corrected chi connectivity index (χ2v) is 12.2. The quantitative estimate of drug-likeness (QED) is 0.166. The van der Waals surface area contributed by atoms with Crippen molar-refractivity contribution in [2.24, 2.45) is 0 Å². The molecule has 8 nitrogen and oxygen atoms in total. The molecule has 0 bridgehead atoms. The smallest absolute Gasteiger partial charge is 0.494 e. The Bertz CT molecular complexity index is 1300. The van der Waals surface area contributed by atoms with Crippen LogP contribution in [0.1, 0.15) is 49.8 Å². The van der Waals surface area contributed by atoms with E-state index in [9.17, 15) is 9.90 Å². The first-order chi connectivity index (χ1) is 20.6. The van der Waals surface area contributed by atoms with Crippen molar-refractivity contribution in [3.8, 4) is 5.75 Å². The fraction of sp³-hybridized carbons (Fsp3) is 0.424. The first-order valence-electron chi connectivity index (χ1n) is 14.3. The van der Waals surface area contributed by atoms with Gasteiger partial charge < -0.3 is 28.9 Å². The van der Waals surface area contributed by atoms with Crippen molar-refractivity contribution >= 4 is 29.4 Å². The number of hydrogen-bond acceptors (Lipinski definition) is 8. The highest BCUT2D eigenvalue weighted by atomic mass is 35.5. The number of halogens is 2. The number of carbonyl (C=O) groups is 1. The summed E-state index contributed by atoms with van der Waals surface area (Å²) >= 11 is 12.3. The normalized spacial score (nSPS) is 19.2. The summed E-state index contributed by atoms with van der Waals surface area (Å²) in [7, 11) is 0. The minimum Gasteiger partial charge on any atom is -0.494 e. The maximum atomic E-state index is 12.3. The van der Waals surface area contributed by atoms with Gasteiger partial charge in [-0.2, -0.15) is 0 Å². The Morgan fingerprint density at radius 1 is 0.907 bits per heavy atom. The monoisotopic (exact) mass is 631 g/mol. The van der Waals surface area contributed by atoms with Crippen LogP contribution in [-0.4, -0.2) is 60.4 Å². The van der Waals surface area contributed by atoms with Crippen LogP contribution in [0.15, 0.2) is 72.8 Å². The first kappa shape index (κ1) is 33.1. The molecular weight excluding hydrogens is 593 g/mol. The molecule has 1 aliphatic rings. The van der Waals surface area contributed by atoms with Crippen LogP contribution >= 0.6 is 23.2 Å². The molecule has 1 aliphatic heterocycles. The lowest BCUT2D eigenvalue weighted by Crippen LogP contribution is -2.52. The predicted molar refractivity (Wildman–Crippen MR) is 165 cm³/mol. The van der Waals surface area contributed by atoms with Gasteiger partial charge in [0.15, 0.2) is 0 Å². The molecular formula is C33H39Cl2NO7. The van der Waals surface area contributed by atoms with Crippen molar-refractivity contribution in [1.82, 2.24) is 5.06 Å². The van der Waals surface area contributed by atoms with Gasteiger partial charge in [-0.15, -0.1) is 5.06 Å². The number of aliphatic hydroxyl groups excluding tert-OH is 1. The second-order valence-electron chi connectivity index (χ2n) is 11.4. The predicted octanol–water partition coefficient (Wildman–Crippen LogP) is 7.19. The molecule has 3 atom stereocenters. The number of β-amino-alcohol motifs (C(OH)–C–C–N with tert-alkyl or cyclic N) is 1. The van der Waals surface area contributed by atoms with E-state index in [2.05, 4.69) is 0 Å². The Morgan fingerprint density at radius 2 is 1.65 bits per heavy atom. The molecule has 0 aromatic heterocycles. The van der Waals surface area contributed by atoms with E-state index >= 15 is 0 Å². The first-order valence-corrected chi connectivity index (χ1v) is 15.1. The SMILES string of the molecule is CC(C)(C)OC(=O)ON1CC(O)C(c2ccc(OCCCOCc3ccccc3)cc2)C(OCc2ccc(Cl)c(Cl)c2)C1. The van der Waals surface area contributed by atoms with Gasteiger partial charge in [0.2, 0.25) is 0 Å². The van der Waals surface area contributed by atoms with Crippen molar-refractivity contribution in [3.05, 3.63) is 99.5 Å². The largest absolute Gasteiger partial charge is 0.528 e. The number of nitrogens with zero attached hydrogens (tertiary/aromatic N) is 1. The maximum absolute atomic E-state index is 12.3. The van der Waals surface area contributed by atoms with Crippen molar-refractivity contribution < 1.29 is 33.7 Å². The van der Waals surface area contributed by atoms with Crippen LogP contribution in [0.25, 0.3) is 0 Å². The maximum Gasteiger partial charge on any atom is 0.528 e. The van der Waals surface area contributed by atoms with Gasteiger partial charge in [0, 0.05) is 12.3 Å². The average molecular weight is 633 g/mol. The summed E-state index contributed by atoms with van der Waals surface area (Å²) in [6, 6.07) is 22.9. The van der Waals surface area contributed by atoms with Crippen LogP contribution in [0.4, 0.5) is 4.79 Å². The Hall–Kier alpha value is -2.85. The molecule has 1 N–H and O–H groups in total. The molecule has 0 aliphatic carbocycles. The van der Waals surface area contributed by atoms with E-state index in [1.54, 1.807) is 32.9 Å². The zero-order valence-electron chi connectivity index (χ0n) is 24.7. The molecule has 0 saturated carbocycles. The third-order valence-electron chi connectivity index (χ3n) is 6.71. The van der Waals surface area contributed by atoms with Gasteiger partial charge in [0.25, 0.3) is 0 Å². The molecule has 4 rings (SSSR count). The summed E-state index contributed by atoms with van der Waals surface area (Å²) in [4.78, 5) is 17.7. The number of ether oxygens (including phenoxy) is 4. The molecule has 3 unspecified atom stereocenters. The third kappa shape index (κ3) is 10.7. The summed E-state index contributed by atoms with van der Waals surface area (Å²) in [5.41, 5.74) is 2.13. The number of piperidine rings is 1. The van der Waals surface area contributed by atoms with Crippen LogP contribution in [0.2, 0.25) is 10.0 Å². The summed E-state index contributed by atoms with van der Waals surface area (Å²) in [6.45, 7) is 7.50. The molecule has 1 heterocycles. The van der Waals surface area contributed by atoms with E-state index in [0.717, 1.165) is 28.9 Å². The van der Waals surface area contributed by atoms with Gasteiger partial charge in [-0.1, -0.05) is 71.7 Å². The van der Waals surface area contributed by atoms with E-state index in [0.29, 0.717) is 29.9 Å². The van der Waals surface area contributed by atoms with Crippen molar-refractivity contribution in [2.75, 3.05) is 26.3 Å². The van der Waals surface area contributed by atoms with E-state index in [1.807, 2.05) is 60.7 Å². The lowest BCUT2D eigenvalue weighted by atomic mass is 9.85. The lowest BCUT2D eigenvalue weighted by Gasteiger charge is -2.40. The van der Waals surface area contributed by atoms with Crippen LogP contribution in [0.3, 0.4) is 0 Å². The van der Waals surface area contributed by atoms with Gasteiger partial charge in [0.05, 0.1) is 61.8 Å². The van der Waals surface area contributed by atoms with Crippen LogP contribution in [0.5, 0.6) is 5.75 Å². The number of hydroxylamine groups is 2. The molecule has 3 aromatic rings. The van der Waals surface area contributed by atoms with E-state index in [-0.39, 0.29) is 25.6 Å². The lowest BCUT2D eigenvalue weighted by molar-refractivity contribution is -0.201. The standard InChI is InChI=1S/C33H39Cl2NO7/c1-33(2,3)42-32(38)43-36-19-29(37)31(30(20-36)41-22-24-10-15-27(34)28(35)18-24)25-11-13-26(14-12-25)40-17-7-16-39-21-23-8-5-4-6-9-23/h4-6,8-15,18,29-31,37H,7,16-17,19-22H2,1-3H3. The van der Waals surface area contributed by atoms with E-state index in [4.69, 9.17) is 47.0 Å². The molecule has 1 fully saturated rings. The van der Waals surface area contributed by atoms with Gasteiger partial charge in [0.1, 0.15) is 11.4 Å². The van der Waals surface area contributed by atoms with Gasteiger partial charge in [-0.3, -0.25) is 0 Å². The fourth-order valence-corrected chi connectivity index (χ4v) is 5.06. The number of hydrogen-bond donors (Lipinski definition) is 1. The number of benzene rings is 3. The molecule has 0 radical (unpaired) electrons. The summed E-state index contributed by atoms with van der Waals surface area (Å²) in [5.74, 6) is 0.335. The van der Waals surface area contributed by atoms with Crippen molar-refractivity contribution in [2.45, 2.75) is 64.1 Å². The van der Waals surface area contributed by atoms with Gasteiger partial charge in [-0.05, 0) is 61.7 Å². The Kier molecular flexibility index (Phi) is 12.1. The van der Waals surface area contributed by atoms with E-state index in [1.165, 1.54) is 5.06 Å². The topological polar surface area (TPSA) is 86.7 Å². The average Bonchev–Trinajstić information content (AvgIpc) is 2.95. The minimum atomic E-state index is -0.886. The Morgan fingerprint density at radius 3 is 2.35 bits per heavy atom. The van der Waals surface area contributed by atoms with Crippen molar-refractivity contribution in [3.63, 3.8) is 0 Å². The van der Waals surface area contributed by atoms with Crippen molar-refractivity contribution in [1.29, 1.82) is 0 Å². The highest BCUT2D eigenvalue weighted by Gasteiger charge is 2.40. The summed E-state index contributed by atoms with van der Waals surface area (Å²) in [6.07, 6.45) is -1.49. The molecule has 3 aromatic carbocycles. The molecule has 10 heteroatoms. The third-order valence-corrected chi connectivity index (χ3v) is 7.45. The molecule has 0 amide bonds.